The lowest BCUT2D eigenvalue weighted by Crippen LogP contribution is -2.31. The molecule has 1 atom stereocenters. The maximum absolute atomic E-state index is 6.03. The van der Waals surface area contributed by atoms with Crippen LogP contribution in [0.5, 0.6) is 5.75 Å². The van der Waals surface area contributed by atoms with E-state index >= 15 is 0 Å². The summed E-state index contributed by atoms with van der Waals surface area (Å²) in [4.78, 5) is 0. The Balaban J connectivity index is 2.07. The molecular weight excluding hydrogens is 332 g/mol. The Labute approximate surface area is 147 Å². The van der Waals surface area contributed by atoms with Crippen LogP contribution in [-0.2, 0) is 6.54 Å². The Morgan fingerprint density at radius 2 is 2.22 bits per heavy atom. The number of hydrogen-bond acceptors (Lipinski definition) is 3. The van der Waals surface area contributed by atoms with Crippen molar-refractivity contribution in [1.29, 1.82) is 0 Å². The van der Waals surface area contributed by atoms with Gasteiger partial charge in [-0.1, -0.05) is 11.6 Å². The van der Waals surface area contributed by atoms with Gasteiger partial charge in [-0.15, -0.1) is 0 Å². The van der Waals surface area contributed by atoms with Crippen LogP contribution in [0.15, 0.2) is 24.4 Å². The fourth-order valence-electron chi connectivity index (χ4n) is 2.42. The van der Waals surface area contributed by atoms with E-state index in [2.05, 4.69) is 29.6 Å². The van der Waals surface area contributed by atoms with Crippen molar-refractivity contribution in [1.82, 2.24) is 15.1 Å². The van der Waals surface area contributed by atoms with Gasteiger partial charge in [0.1, 0.15) is 5.75 Å². The maximum atomic E-state index is 6.03. The number of halogens is 1. The number of methoxy groups -OCH3 is 1. The maximum Gasteiger partial charge on any atom is 0.171 e. The van der Waals surface area contributed by atoms with Crippen LogP contribution >= 0.6 is 23.8 Å². The van der Waals surface area contributed by atoms with Crippen molar-refractivity contribution in [2.24, 2.45) is 0 Å². The van der Waals surface area contributed by atoms with E-state index in [4.69, 9.17) is 28.6 Å². The minimum absolute atomic E-state index is 0.0421. The zero-order chi connectivity index (χ0) is 17.0. The Bertz CT molecular complexity index is 701. The summed E-state index contributed by atoms with van der Waals surface area (Å²) in [6, 6.07) is 5.39. The molecule has 7 heteroatoms. The second-order valence-electron chi connectivity index (χ2n) is 5.17. The minimum atomic E-state index is 0.0421. The van der Waals surface area contributed by atoms with Gasteiger partial charge in [0.25, 0.3) is 0 Å². The number of ether oxygens (including phenoxy) is 1. The van der Waals surface area contributed by atoms with E-state index < -0.39 is 0 Å². The van der Waals surface area contributed by atoms with Gasteiger partial charge in [0.05, 0.1) is 25.0 Å². The Morgan fingerprint density at radius 3 is 2.83 bits per heavy atom. The summed E-state index contributed by atoms with van der Waals surface area (Å²) in [5, 5.41) is 11.9. The molecule has 124 valence electrons. The van der Waals surface area contributed by atoms with E-state index in [9.17, 15) is 0 Å². The zero-order valence-corrected chi connectivity index (χ0v) is 15.3. The van der Waals surface area contributed by atoms with Crippen molar-refractivity contribution in [2.45, 2.75) is 33.4 Å². The van der Waals surface area contributed by atoms with Crippen LogP contribution in [0.2, 0.25) is 5.02 Å². The highest BCUT2D eigenvalue weighted by Crippen LogP contribution is 2.27. The Kier molecular flexibility index (Phi) is 5.85. The molecule has 0 aliphatic carbocycles. The number of hydrogen-bond donors (Lipinski definition) is 2. The van der Waals surface area contributed by atoms with Crippen molar-refractivity contribution in [2.75, 3.05) is 12.4 Å². The molecule has 0 amide bonds. The van der Waals surface area contributed by atoms with Crippen molar-refractivity contribution >= 4 is 34.6 Å². The quantitative estimate of drug-likeness (QED) is 0.799. The number of aryl methyl sites for hydroxylation is 1. The normalized spacial score (nSPS) is 11.9. The average Bonchev–Trinajstić information content (AvgIpc) is 2.88. The van der Waals surface area contributed by atoms with E-state index in [-0.39, 0.29) is 6.04 Å². The van der Waals surface area contributed by atoms with Gasteiger partial charge >= 0.3 is 0 Å². The minimum Gasteiger partial charge on any atom is -0.495 e. The van der Waals surface area contributed by atoms with E-state index in [1.165, 1.54) is 0 Å². The number of rotatable bonds is 5. The molecule has 0 fully saturated rings. The summed E-state index contributed by atoms with van der Waals surface area (Å²) < 4.78 is 7.27. The lowest BCUT2D eigenvalue weighted by molar-refractivity contribution is 0.417. The van der Waals surface area contributed by atoms with Crippen molar-refractivity contribution in [3.63, 3.8) is 0 Å². The third-order valence-electron chi connectivity index (χ3n) is 3.66. The summed E-state index contributed by atoms with van der Waals surface area (Å²) in [5.41, 5.74) is 2.98. The molecule has 0 saturated carbocycles. The molecule has 1 heterocycles. The van der Waals surface area contributed by atoms with Crippen LogP contribution in [0, 0.1) is 6.92 Å². The highest BCUT2D eigenvalue weighted by Gasteiger charge is 2.14. The number of nitrogens with one attached hydrogen (secondary N) is 2. The predicted molar refractivity (Wildman–Crippen MR) is 98.4 cm³/mol. The summed E-state index contributed by atoms with van der Waals surface area (Å²) in [5.74, 6) is 0.682. The van der Waals surface area contributed by atoms with Gasteiger partial charge in [-0.3, -0.25) is 4.68 Å². The molecule has 23 heavy (non-hydrogen) atoms. The summed E-state index contributed by atoms with van der Waals surface area (Å²) >= 11 is 11.4. The third kappa shape index (κ3) is 4.14. The molecule has 0 aliphatic heterocycles. The van der Waals surface area contributed by atoms with Gasteiger partial charge in [0.2, 0.25) is 0 Å². The van der Waals surface area contributed by atoms with Crippen molar-refractivity contribution in [3.05, 3.63) is 40.7 Å². The van der Waals surface area contributed by atoms with Gasteiger partial charge in [0, 0.05) is 22.8 Å². The van der Waals surface area contributed by atoms with Gasteiger partial charge in [0.15, 0.2) is 5.11 Å². The summed E-state index contributed by atoms with van der Waals surface area (Å²) in [6.07, 6.45) is 1.87. The largest absolute Gasteiger partial charge is 0.495 e. The molecular formula is C16H21ClN4OS. The number of thiocarbonyl (C=S) groups is 1. The molecule has 0 saturated heterocycles. The van der Waals surface area contributed by atoms with Crippen LogP contribution < -0.4 is 15.4 Å². The first-order chi connectivity index (χ1) is 11.0. The highest BCUT2D eigenvalue weighted by atomic mass is 35.5. The van der Waals surface area contributed by atoms with Gasteiger partial charge < -0.3 is 15.4 Å². The standard InChI is InChI=1S/C16H21ClN4OS/c1-5-21-11(3)13(9-18-21)10(2)19-16(23)20-14-8-12(17)6-7-15(14)22-4/h6-10H,5H2,1-4H3,(H2,19,20,23). The van der Waals surface area contributed by atoms with Crippen LogP contribution in [0.3, 0.4) is 0 Å². The number of aromatic nitrogens is 2. The van der Waals surface area contributed by atoms with Gasteiger partial charge in [-0.2, -0.15) is 5.10 Å². The van der Waals surface area contributed by atoms with Crippen LogP contribution in [-0.4, -0.2) is 22.0 Å². The fraction of sp³-hybridized carbons (Fsp3) is 0.375. The smallest absolute Gasteiger partial charge is 0.171 e. The van der Waals surface area contributed by atoms with Crippen LogP contribution in [0.1, 0.15) is 31.1 Å². The SMILES string of the molecule is CCn1ncc(C(C)NC(=S)Nc2cc(Cl)ccc2OC)c1C. The molecule has 0 radical (unpaired) electrons. The molecule has 5 nitrogen and oxygen atoms in total. The first-order valence-corrected chi connectivity index (χ1v) is 8.18. The number of anilines is 1. The van der Waals surface area contributed by atoms with E-state index in [0.29, 0.717) is 15.9 Å². The van der Waals surface area contributed by atoms with E-state index in [1.807, 2.05) is 17.8 Å². The highest BCUT2D eigenvalue weighted by molar-refractivity contribution is 7.80. The van der Waals surface area contributed by atoms with Gasteiger partial charge in [-0.05, 0) is 51.2 Å². The molecule has 1 unspecified atom stereocenters. The second kappa shape index (κ2) is 7.66. The molecule has 1 aromatic heterocycles. The first-order valence-electron chi connectivity index (χ1n) is 7.39. The zero-order valence-electron chi connectivity index (χ0n) is 13.7. The summed E-state index contributed by atoms with van der Waals surface area (Å²) in [7, 11) is 1.61. The third-order valence-corrected chi connectivity index (χ3v) is 4.12. The molecule has 2 N–H and O–H groups in total. The average molecular weight is 353 g/mol. The molecule has 0 aliphatic rings. The number of nitrogens with zero attached hydrogens (tertiary/aromatic N) is 2. The molecule has 2 aromatic rings. The topological polar surface area (TPSA) is 51.1 Å². The van der Waals surface area contributed by atoms with Crippen LogP contribution in [0.4, 0.5) is 5.69 Å². The fourth-order valence-corrected chi connectivity index (χ4v) is 2.87. The lowest BCUT2D eigenvalue weighted by Gasteiger charge is -2.18. The van der Waals surface area contributed by atoms with Crippen molar-refractivity contribution < 1.29 is 4.74 Å². The Hall–Kier alpha value is -1.79. The van der Waals surface area contributed by atoms with Gasteiger partial charge in [-0.25, -0.2) is 0 Å². The van der Waals surface area contributed by atoms with E-state index in [0.717, 1.165) is 23.5 Å². The van der Waals surface area contributed by atoms with Crippen molar-refractivity contribution in [3.8, 4) is 5.75 Å². The predicted octanol–water partition coefficient (Wildman–Crippen LogP) is 3.92. The number of benzene rings is 1. The molecule has 0 spiro atoms. The molecule has 0 bridgehead atoms. The monoisotopic (exact) mass is 352 g/mol. The first kappa shape index (κ1) is 17.6. The lowest BCUT2D eigenvalue weighted by atomic mass is 10.1. The molecule has 2 rings (SSSR count). The Morgan fingerprint density at radius 1 is 1.48 bits per heavy atom. The van der Waals surface area contributed by atoms with Crippen LogP contribution in [0.25, 0.3) is 0 Å². The second-order valence-corrected chi connectivity index (χ2v) is 6.01. The van der Waals surface area contributed by atoms with E-state index in [1.54, 1.807) is 25.3 Å². The molecule has 1 aromatic carbocycles. The summed E-state index contributed by atoms with van der Waals surface area (Å²) in [6.45, 7) is 7.02.